The maximum absolute atomic E-state index is 13.3. The zero-order valence-corrected chi connectivity index (χ0v) is 18.7. The van der Waals surface area contributed by atoms with E-state index in [1.54, 1.807) is 46.5 Å². The number of fused-ring (bicyclic) bond motifs is 1. The average molecular weight is 454 g/mol. The molecule has 0 unspecified atom stereocenters. The number of halogens is 1. The topological polar surface area (TPSA) is 88.9 Å². The quantitative estimate of drug-likeness (QED) is 0.411. The molecule has 0 atom stereocenters. The monoisotopic (exact) mass is 453 g/mol. The van der Waals surface area contributed by atoms with E-state index < -0.39 is 0 Å². The molecule has 9 heteroatoms. The molecule has 0 saturated carbocycles. The molecule has 4 aromatic rings. The number of hydrogen-bond donors (Lipinski definition) is 2. The van der Waals surface area contributed by atoms with E-state index in [1.807, 2.05) is 31.4 Å². The minimum absolute atomic E-state index is 0.0822. The normalized spacial score (nSPS) is 11.1. The van der Waals surface area contributed by atoms with Crippen molar-refractivity contribution in [3.63, 3.8) is 0 Å². The minimum atomic E-state index is -0.345. The summed E-state index contributed by atoms with van der Waals surface area (Å²) >= 11 is 7.67. The zero-order chi connectivity index (χ0) is 22.1. The lowest BCUT2D eigenvalue weighted by Crippen LogP contribution is -2.16. The van der Waals surface area contributed by atoms with Gasteiger partial charge in [-0.25, -0.2) is 9.67 Å². The Morgan fingerprint density at radius 1 is 1.13 bits per heavy atom. The second-order valence-electron chi connectivity index (χ2n) is 7.28. The van der Waals surface area contributed by atoms with Gasteiger partial charge in [-0.2, -0.15) is 5.10 Å². The highest BCUT2D eigenvalue weighted by Crippen LogP contribution is 2.31. The van der Waals surface area contributed by atoms with E-state index in [9.17, 15) is 9.59 Å². The molecule has 3 heterocycles. The SMILES string of the molecule is CC(=O)Nc1ccc(Cl)cc1NC(=O)c1cc(-c2cccs2)nc2c1cnn2C(C)C. The number of nitrogens with one attached hydrogen (secondary N) is 2. The molecule has 0 aliphatic heterocycles. The Morgan fingerprint density at radius 2 is 1.94 bits per heavy atom. The fraction of sp³-hybridized carbons (Fsp3) is 0.182. The fourth-order valence-corrected chi connectivity index (χ4v) is 4.10. The summed E-state index contributed by atoms with van der Waals surface area (Å²) in [7, 11) is 0. The smallest absolute Gasteiger partial charge is 0.256 e. The Labute approximate surface area is 188 Å². The number of rotatable bonds is 5. The molecule has 31 heavy (non-hydrogen) atoms. The highest BCUT2D eigenvalue weighted by molar-refractivity contribution is 7.13. The first-order chi connectivity index (χ1) is 14.8. The van der Waals surface area contributed by atoms with Gasteiger partial charge >= 0.3 is 0 Å². The van der Waals surface area contributed by atoms with Crippen LogP contribution in [0.5, 0.6) is 0 Å². The van der Waals surface area contributed by atoms with E-state index in [1.165, 1.54) is 6.92 Å². The summed E-state index contributed by atoms with van der Waals surface area (Å²) in [6.07, 6.45) is 1.65. The van der Waals surface area contributed by atoms with Crippen LogP contribution in [0.25, 0.3) is 21.6 Å². The van der Waals surface area contributed by atoms with Gasteiger partial charge < -0.3 is 10.6 Å². The molecule has 3 aromatic heterocycles. The number of aromatic nitrogens is 3. The maximum Gasteiger partial charge on any atom is 0.256 e. The highest BCUT2D eigenvalue weighted by atomic mass is 35.5. The van der Waals surface area contributed by atoms with Crippen LogP contribution >= 0.6 is 22.9 Å². The van der Waals surface area contributed by atoms with Gasteiger partial charge in [0.1, 0.15) is 0 Å². The lowest BCUT2D eigenvalue weighted by atomic mass is 10.1. The van der Waals surface area contributed by atoms with E-state index in [-0.39, 0.29) is 17.9 Å². The number of hydrogen-bond acceptors (Lipinski definition) is 5. The highest BCUT2D eigenvalue weighted by Gasteiger charge is 2.20. The number of thiophene rings is 1. The van der Waals surface area contributed by atoms with Crippen molar-refractivity contribution in [1.29, 1.82) is 0 Å². The first kappa shape index (κ1) is 21.0. The van der Waals surface area contributed by atoms with Crippen molar-refractivity contribution in [2.24, 2.45) is 0 Å². The van der Waals surface area contributed by atoms with Crippen molar-refractivity contribution in [2.75, 3.05) is 10.6 Å². The number of anilines is 2. The molecule has 2 N–H and O–H groups in total. The third kappa shape index (κ3) is 4.30. The standard InChI is InChI=1S/C22H20ClN5O2S/c1-12(2)28-21-16(11-24-28)15(10-19(26-21)20-5-4-8-31-20)22(30)27-18-9-14(23)6-7-17(18)25-13(3)29/h4-12H,1-3H3,(H,25,29)(H,27,30). The fourth-order valence-electron chi connectivity index (χ4n) is 3.24. The number of amides is 2. The van der Waals surface area contributed by atoms with Crippen LogP contribution in [0.4, 0.5) is 11.4 Å². The van der Waals surface area contributed by atoms with Crippen LogP contribution in [0.15, 0.2) is 48.0 Å². The summed E-state index contributed by atoms with van der Waals surface area (Å²) in [6, 6.07) is 10.6. The molecular formula is C22H20ClN5O2S. The van der Waals surface area contributed by atoms with Gasteiger partial charge in [0.05, 0.1) is 39.1 Å². The third-order valence-electron chi connectivity index (χ3n) is 4.61. The van der Waals surface area contributed by atoms with E-state index in [0.717, 1.165) is 4.88 Å². The maximum atomic E-state index is 13.3. The Kier molecular flexibility index (Phi) is 5.75. The van der Waals surface area contributed by atoms with Crippen molar-refractivity contribution in [3.05, 3.63) is 58.6 Å². The molecule has 0 spiro atoms. The van der Waals surface area contributed by atoms with Gasteiger partial charge in [-0.05, 0) is 49.6 Å². The Hall–Kier alpha value is -3.23. The molecule has 1 aromatic carbocycles. The van der Waals surface area contributed by atoms with E-state index in [0.29, 0.717) is 38.7 Å². The summed E-state index contributed by atoms with van der Waals surface area (Å²) in [5.74, 6) is -0.593. The lowest BCUT2D eigenvalue weighted by molar-refractivity contribution is -0.114. The van der Waals surface area contributed by atoms with Crippen LogP contribution in [0.1, 0.15) is 37.2 Å². The summed E-state index contributed by atoms with van der Waals surface area (Å²) in [4.78, 5) is 30.6. The molecule has 4 rings (SSSR count). The molecule has 7 nitrogen and oxygen atoms in total. The van der Waals surface area contributed by atoms with Crippen molar-refractivity contribution in [2.45, 2.75) is 26.8 Å². The van der Waals surface area contributed by atoms with Gasteiger partial charge in [0.15, 0.2) is 5.65 Å². The van der Waals surface area contributed by atoms with Crippen LogP contribution in [-0.4, -0.2) is 26.6 Å². The first-order valence-electron chi connectivity index (χ1n) is 9.64. The van der Waals surface area contributed by atoms with Crippen LogP contribution in [0.2, 0.25) is 5.02 Å². The summed E-state index contributed by atoms with van der Waals surface area (Å²) in [5.41, 5.74) is 2.65. The largest absolute Gasteiger partial charge is 0.325 e. The molecule has 2 amide bonds. The van der Waals surface area contributed by atoms with E-state index >= 15 is 0 Å². The second-order valence-corrected chi connectivity index (χ2v) is 8.66. The Bertz CT molecular complexity index is 1280. The predicted molar refractivity (Wildman–Crippen MR) is 125 cm³/mol. The van der Waals surface area contributed by atoms with Gasteiger partial charge in [-0.15, -0.1) is 11.3 Å². The Morgan fingerprint density at radius 3 is 2.61 bits per heavy atom. The van der Waals surface area contributed by atoms with Crippen molar-refractivity contribution < 1.29 is 9.59 Å². The number of nitrogens with zero attached hydrogens (tertiary/aromatic N) is 3. The van der Waals surface area contributed by atoms with Crippen LogP contribution in [-0.2, 0) is 4.79 Å². The number of pyridine rings is 1. The molecule has 0 fully saturated rings. The van der Waals surface area contributed by atoms with Crippen molar-refractivity contribution in [3.8, 4) is 10.6 Å². The molecule has 0 saturated heterocycles. The van der Waals surface area contributed by atoms with Crippen LogP contribution in [0, 0.1) is 0 Å². The summed E-state index contributed by atoms with van der Waals surface area (Å²) in [6.45, 7) is 5.43. The van der Waals surface area contributed by atoms with Gasteiger partial charge in [0.2, 0.25) is 5.91 Å². The number of carbonyl (C=O) groups excluding carboxylic acids is 2. The number of benzene rings is 1. The average Bonchev–Trinajstić information content (AvgIpc) is 3.38. The first-order valence-corrected chi connectivity index (χ1v) is 10.9. The zero-order valence-electron chi connectivity index (χ0n) is 17.1. The molecule has 0 aliphatic rings. The van der Waals surface area contributed by atoms with Gasteiger partial charge in [-0.1, -0.05) is 17.7 Å². The van der Waals surface area contributed by atoms with Gasteiger partial charge in [-0.3, -0.25) is 9.59 Å². The van der Waals surface area contributed by atoms with Crippen LogP contribution in [0.3, 0.4) is 0 Å². The molecule has 0 radical (unpaired) electrons. The lowest BCUT2D eigenvalue weighted by Gasteiger charge is -2.13. The van der Waals surface area contributed by atoms with Crippen molar-refractivity contribution in [1.82, 2.24) is 14.8 Å². The molecule has 158 valence electrons. The number of carbonyl (C=O) groups is 2. The molecular weight excluding hydrogens is 434 g/mol. The van der Waals surface area contributed by atoms with Crippen LogP contribution < -0.4 is 10.6 Å². The minimum Gasteiger partial charge on any atom is -0.325 e. The summed E-state index contributed by atoms with van der Waals surface area (Å²) in [5, 5.41) is 13.1. The molecule has 0 bridgehead atoms. The summed E-state index contributed by atoms with van der Waals surface area (Å²) < 4.78 is 1.80. The predicted octanol–water partition coefficient (Wildman–Crippen LogP) is 5.60. The second kappa shape index (κ2) is 8.49. The van der Waals surface area contributed by atoms with E-state index in [2.05, 4.69) is 15.7 Å². The van der Waals surface area contributed by atoms with E-state index in [4.69, 9.17) is 16.6 Å². The molecule has 0 aliphatic carbocycles. The Balaban J connectivity index is 1.81. The van der Waals surface area contributed by atoms with Gasteiger partial charge in [0, 0.05) is 18.0 Å². The van der Waals surface area contributed by atoms with Gasteiger partial charge in [0.25, 0.3) is 5.91 Å². The van der Waals surface area contributed by atoms with Crippen molar-refractivity contribution >= 4 is 57.2 Å². The third-order valence-corrected chi connectivity index (χ3v) is 5.74.